The highest BCUT2D eigenvalue weighted by molar-refractivity contribution is 9.10. The maximum Gasteiger partial charge on any atom is 0.293 e. The van der Waals surface area contributed by atoms with Crippen molar-refractivity contribution in [2.24, 2.45) is 0 Å². The number of hydrogen-bond acceptors (Lipinski definition) is 6. The number of Topliss-reactive ketones (excluding diaryl/α,β-unsaturated/α-hetero) is 1. The lowest BCUT2D eigenvalue weighted by molar-refractivity contribution is -0.122. The summed E-state index contributed by atoms with van der Waals surface area (Å²) in [6.07, 6.45) is 1.60. The van der Waals surface area contributed by atoms with Crippen LogP contribution in [0.2, 0.25) is 0 Å². The van der Waals surface area contributed by atoms with Gasteiger partial charge in [-0.25, -0.2) is 0 Å². The van der Waals surface area contributed by atoms with Crippen molar-refractivity contribution in [3.05, 3.63) is 63.0 Å². The van der Waals surface area contributed by atoms with Crippen molar-refractivity contribution in [1.29, 1.82) is 0 Å². The van der Waals surface area contributed by atoms with E-state index in [1.54, 1.807) is 48.5 Å². The van der Waals surface area contributed by atoms with Gasteiger partial charge in [0.25, 0.3) is 11.1 Å². The van der Waals surface area contributed by atoms with E-state index in [0.717, 1.165) is 16.7 Å². The summed E-state index contributed by atoms with van der Waals surface area (Å²) in [7, 11) is 0. The van der Waals surface area contributed by atoms with Crippen LogP contribution in [0.5, 0.6) is 11.5 Å². The van der Waals surface area contributed by atoms with Gasteiger partial charge in [0, 0.05) is 17.2 Å². The number of amides is 2. The highest BCUT2D eigenvalue weighted by Gasteiger charge is 2.36. The van der Waals surface area contributed by atoms with E-state index in [2.05, 4.69) is 15.9 Å². The van der Waals surface area contributed by atoms with Gasteiger partial charge in [-0.2, -0.15) is 0 Å². The van der Waals surface area contributed by atoms with Crippen molar-refractivity contribution < 1.29 is 23.9 Å². The minimum absolute atomic E-state index is 0.234. The Balaban J connectivity index is 1.86. The second-order valence-electron chi connectivity index (χ2n) is 6.24. The molecule has 1 aliphatic rings. The molecule has 2 amide bonds. The fraction of sp³-hybridized carbons (Fsp3) is 0.227. The molecule has 0 saturated carbocycles. The van der Waals surface area contributed by atoms with E-state index >= 15 is 0 Å². The lowest BCUT2D eigenvalue weighted by Gasteiger charge is -2.13. The number of benzene rings is 2. The van der Waals surface area contributed by atoms with Crippen molar-refractivity contribution in [2.45, 2.75) is 13.8 Å². The predicted molar refractivity (Wildman–Crippen MR) is 120 cm³/mol. The number of thioether (sulfide) groups is 1. The fourth-order valence-corrected chi connectivity index (χ4v) is 4.15. The average Bonchev–Trinajstić information content (AvgIpc) is 2.99. The molecular weight excluding hydrogens is 470 g/mol. The molecule has 0 atom stereocenters. The van der Waals surface area contributed by atoms with E-state index in [4.69, 9.17) is 9.47 Å². The first-order chi connectivity index (χ1) is 14.4. The molecule has 0 spiro atoms. The topological polar surface area (TPSA) is 72.9 Å². The van der Waals surface area contributed by atoms with Gasteiger partial charge in [-0.1, -0.05) is 30.3 Å². The standard InChI is InChI=1S/C22H20BrNO5S/c1-3-28-18-12-19(29-4-2)16(23)10-15(18)11-20-21(26)24(22(27)30-20)13-17(25)14-8-6-5-7-9-14/h5-12H,3-4,13H2,1-2H3/b20-11-. The summed E-state index contributed by atoms with van der Waals surface area (Å²) >= 11 is 4.26. The second kappa shape index (κ2) is 9.95. The lowest BCUT2D eigenvalue weighted by atomic mass is 10.1. The summed E-state index contributed by atoms with van der Waals surface area (Å²) in [6.45, 7) is 4.37. The zero-order valence-electron chi connectivity index (χ0n) is 16.5. The van der Waals surface area contributed by atoms with Crippen LogP contribution in [0.15, 0.2) is 51.8 Å². The number of halogens is 1. The van der Waals surface area contributed by atoms with E-state index in [-0.39, 0.29) is 17.2 Å². The highest BCUT2D eigenvalue weighted by Crippen LogP contribution is 2.38. The minimum atomic E-state index is -0.498. The third-order valence-electron chi connectivity index (χ3n) is 4.22. The Morgan fingerprint density at radius 1 is 1.07 bits per heavy atom. The van der Waals surface area contributed by atoms with Gasteiger partial charge < -0.3 is 9.47 Å². The molecule has 0 aromatic heterocycles. The van der Waals surface area contributed by atoms with Crippen LogP contribution in [-0.2, 0) is 4.79 Å². The number of ether oxygens (including phenoxy) is 2. The SMILES string of the molecule is CCOc1cc(OCC)c(/C=C2\SC(=O)N(CC(=O)c3ccccc3)C2=O)cc1Br. The third kappa shape index (κ3) is 4.94. The van der Waals surface area contributed by atoms with Crippen LogP contribution >= 0.6 is 27.7 Å². The van der Waals surface area contributed by atoms with E-state index in [1.807, 2.05) is 13.8 Å². The van der Waals surface area contributed by atoms with Gasteiger partial charge in [0.05, 0.1) is 29.1 Å². The molecule has 2 aromatic rings. The molecule has 1 saturated heterocycles. The molecule has 2 aromatic carbocycles. The second-order valence-corrected chi connectivity index (χ2v) is 8.09. The van der Waals surface area contributed by atoms with Gasteiger partial charge in [0.15, 0.2) is 5.78 Å². The molecule has 30 heavy (non-hydrogen) atoms. The number of nitrogens with zero attached hydrogens (tertiary/aromatic N) is 1. The Morgan fingerprint density at radius 3 is 2.40 bits per heavy atom. The maximum absolute atomic E-state index is 12.8. The van der Waals surface area contributed by atoms with Crippen LogP contribution in [0.3, 0.4) is 0 Å². The Kier molecular flexibility index (Phi) is 7.33. The largest absolute Gasteiger partial charge is 0.493 e. The number of rotatable bonds is 8. The van der Waals surface area contributed by atoms with Crippen LogP contribution in [0.4, 0.5) is 4.79 Å². The molecular formula is C22H20BrNO5S. The van der Waals surface area contributed by atoms with Gasteiger partial charge in [0.2, 0.25) is 0 Å². The zero-order valence-corrected chi connectivity index (χ0v) is 18.9. The first-order valence-corrected chi connectivity index (χ1v) is 11.0. The van der Waals surface area contributed by atoms with Crippen molar-refractivity contribution in [3.63, 3.8) is 0 Å². The van der Waals surface area contributed by atoms with Crippen LogP contribution in [0.1, 0.15) is 29.8 Å². The monoisotopic (exact) mass is 489 g/mol. The smallest absolute Gasteiger partial charge is 0.293 e. The van der Waals surface area contributed by atoms with Crippen molar-refractivity contribution in [1.82, 2.24) is 4.90 Å². The quantitative estimate of drug-likeness (QED) is 0.376. The molecule has 0 aliphatic carbocycles. The Labute approximate surface area is 187 Å². The van der Waals surface area contributed by atoms with Gasteiger partial charge in [-0.3, -0.25) is 19.3 Å². The molecule has 1 aliphatic heterocycles. The highest BCUT2D eigenvalue weighted by atomic mass is 79.9. The van der Waals surface area contributed by atoms with Crippen LogP contribution in [0, 0.1) is 0 Å². The van der Waals surface area contributed by atoms with Crippen LogP contribution in [0.25, 0.3) is 6.08 Å². The molecule has 0 radical (unpaired) electrons. The predicted octanol–water partition coefficient (Wildman–Crippen LogP) is 5.17. The summed E-state index contributed by atoms with van der Waals surface area (Å²) in [5, 5.41) is -0.474. The lowest BCUT2D eigenvalue weighted by Crippen LogP contribution is -2.33. The van der Waals surface area contributed by atoms with Crippen molar-refractivity contribution in [2.75, 3.05) is 19.8 Å². The van der Waals surface area contributed by atoms with Crippen LogP contribution in [-0.4, -0.2) is 41.6 Å². The van der Waals surface area contributed by atoms with E-state index in [0.29, 0.717) is 40.3 Å². The van der Waals surface area contributed by atoms with E-state index in [9.17, 15) is 14.4 Å². The van der Waals surface area contributed by atoms with E-state index < -0.39 is 11.1 Å². The Morgan fingerprint density at radius 2 is 1.73 bits per heavy atom. The molecule has 0 bridgehead atoms. The number of imide groups is 1. The van der Waals surface area contributed by atoms with E-state index in [1.165, 1.54) is 0 Å². The molecule has 0 N–H and O–H groups in total. The van der Waals surface area contributed by atoms with Gasteiger partial charge in [0.1, 0.15) is 11.5 Å². The molecule has 156 valence electrons. The summed E-state index contributed by atoms with van der Waals surface area (Å²) in [6, 6.07) is 12.1. The Bertz CT molecular complexity index is 1010. The Hall–Kier alpha value is -2.58. The number of carbonyl (C=O) groups is 3. The zero-order chi connectivity index (χ0) is 21.7. The summed E-state index contributed by atoms with van der Waals surface area (Å²) in [5.74, 6) is 0.371. The first kappa shape index (κ1) is 22.1. The average molecular weight is 490 g/mol. The van der Waals surface area contributed by atoms with Gasteiger partial charge >= 0.3 is 0 Å². The maximum atomic E-state index is 12.8. The number of hydrogen-bond donors (Lipinski definition) is 0. The molecule has 3 rings (SSSR count). The summed E-state index contributed by atoms with van der Waals surface area (Å²) in [5.41, 5.74) is 1.08. The number of carbonyl (C=O) groups excluding carboxylic acids is 3. The van der Waals surface area contributed by atoms with Crippen molar-refractivity contribution in [3.8, 4) is 11.5 Å². The van der Waals surface area contributed by atoms with Crippen molar-refractivity contribution >= 4 is 50.7 Å². The number of ketones is 1. The van der Waals surface area contributed by atoms with Gasteiger partial charge in [-0.15, -0.1) is 0 Å². The first-order valence-electron chi connectivity index (χ1n) is 9.37. The third-order valence-corrected chi connectivity index (χ3v) is 5.75. The fourth-order valence-electron chi connectivity index (χ4n) is 2.85. The molecule has 8 heteroatoms. The molecule has 1 heterocycles. The molecule has 1 fully saturated rings. The van der Waals surface area contributed by atoms with Gasteiger partial charge in [-0.05, 0) is 53.7 Å². The molecule has 6 nitrogen and oxygen atoms in total. The van der Waals surface area contributed by atoms with Crippen LogP contribution < -0.4 is 9.47 Å². The summed E-state index contributed by atoms with van der Waals surface area (Å²) < 4.78 is 12.0. The molecule has 0 unspecified atom stereocenters. The minimum Gasteiger partial charge on any atom is -0.493 e. The summed E-state index contributed by atoms with van der Waals surface area (Å²) in [4.78, 5) is 38.8. The normalized spacial score (nSPS) is 15.0.